The number of likely N-dealkylation sites (N-methyl/N-ethyl adjacent to an activating group) is 1. The van der Waals surface area contributed by atoms with Crippen LogP contribution in [0, 0.1) is 0 Å². The number of aliphatic hydroxyl groups is 1. The van der Waals surface area contributed by atoms with Crippen LogP contribution in [0.1, 0.15) is 67.9 Å². The molecule has 2 fully saturated rings. The Morgan fingerprint density at radius 3 is 2.51 bits per heavy atom. The molecule has 1 N–H and O–H groups in total. The molecule has 4 atom stereocenters. The molecule has 3 heterocycles. The molecule has 1 aromatic carbocycles. The lowest BCUT2D eigenvalue weighted by atomic mass is 9.92. The number of hydrogen-bond donors (Lipinski definition) is 1. The maximum atomic E-state index is 12.7. The Balaban J connectivity index is 1.41. The first-order chi connectivity index (χ1) is 18.0. The molecular formula is C28H38ClN5O3. The van der Waals surface area contributed by atoms with Crippen molar-refractivity contribution in [2.45, 2.75) is 63.3 Å². The van der Waals surface area contributed by atoms with Gasteiger partial charge in [-0.2, -0.15) is 0 Å². The van der Waals surface area contributed by atoms with Gasteiger partial charge < -0.3 is 19.5 Å². The average Bonchev–Trinajstić information content (AvgIpc) is 3.23. The van der Waals surface area contributed by atoms with E-state index in [1.54, 1.807) is 6.33 Å². The predicted octanol–water partition coefficient (Wildman–Crippen LogP) is 3.60. The monoisotopic (exact) mass is 527 g/mol. The van der Waals surface area contributed by atoms with Crippen LogP contribution in [0.3, 0.4) is 0 Å². The number of fused-ring (bicyclic) bond motifs is 1. The number of anilines is 1. The van der Waals surface area contributed by atoms with E-state index >= 15 is 0 Å². The maximum absolute atomic E-state index is 12.7. The van der Waals surface area contributed by atoms with Gasteiger partial charge in [0.05, 0.1) is 23.9 Å². The van der Waals surface area contributed by atoms with Gasteiger partial charge in [0.1, 0.15) is 18.4 Å². The first-order valence-corrected chi connectivity index (χ1v) is 14.0. The lowest BCUT2D eigenvalue weighted by molar-refractivity contribution is -0.115. The highest BCUT2D eigenvalue weighted by Gasteiger charge is 2.39. The van der Waals surface area contributed by atoms with Crippen LogP contribution >= 0.6 is 11.6 Å². The molecule has 3 aliphatic rings. The SMILES string of the molecule is CCN(C1CCOCC1)C(C(C=O)c1ccc(Cl)cc1)N1CCN(c2ncnc3c2[C@H](C)C[C@H]3O)CC1. The summed E-state index contributed by atoms with van der Waals surface area (Å²) in [6.07, 6.45) is 4.78. The maximum Gasteiger partial charge on any atom is 0.135 e. The Morgan fingerprint density at radius 2 is 1.86 bits per heavy atom. The number of ether oxygens (including phenoxy) is 1. The number of hydrogen-bond acceptors (Lipinski definition) is 8. The molecule has 2 saturated heterocycles. The molecule has 2 unspecified atom stereocenters. The van der Waals surface area contributed by atoms with Crippen molar-refractivity contribution in [1.29, 1.82) is 0 Å². The molecular weight excluding hydrogens is 490 g/mol. The molecule has 2 aliphatic heterocycles. The molecule has 1 aliphatic carbocycles. The van der Waals surface area contributed by atoms with E-state index in [2.05, 4.69) is 38.5 Å². The number of nitrogens with zero attached hydrogens (tertiary/aromatic N) is 5. The topological polar surface area (TPSA) is 82.0 Å². The quantitative estimate of drug-likeness (QED) is 0.521. The van der Waals surface area contributed by atoms with E-state index in [-0.39, 0.29) is 18.0 Å². The van der Waals surface area contributed by atoms with Gasteiger partial charge in [0.15, 0.2) is 0 Å². The summed E-state index contributed by atoms with van der Waals surface area (Å²) >= 11 is 6.18. The fraction of sp³-hybridized carbons (Fsp3) is 0.607. The number of aliphatic hydroxyl groups excluding tert-OH is 1. The highest BCUT2D eigenvalue weighted by Crippen LogP contribution is 2.43. The average molecular weight is 528 g/mol. The number of aromatic nitrogens is 2. The van der Waals surface area contributed by atoms with E-state index in [0.717, 1.165) is 87.7 Å². The molecule has 0 radical (unpaired) electrons. The summed E-state index contributed by atoms with van der Waals surface area (Å²) in [5.41, 5.74) is 2.86. The van der Waals surface area contributed by atoms with Crippen LogP contribution in [0.25, 0.3) is 0 Å². The zero-order valence-electron chi connectivity index (χ0n) is 21.8. The van der Waals surface area contributed by atoms with Gasteiger partial charge in [0.2, 0.25) is 0 Å². The predicted molar refractivity (Wildman–Crippen MR) is 144 cm³/mol. The van der Waals surface area contributed by atoms with E-state index in [1.807, 2.05) is 24.3 Å². The van der Waals surface area contributed by atoms with Gasteiger partial charge in [-0.25, -0.2) is 9.97 Å². The van der Waals surface area contributed by atoms with E-state index in [4.69, 9.17) is 16.3 Å². The number of benzene rings is 1. The summed E-state index contributed by atoms with van der Waals surface area (Å²) in [4.78, 5) is 29.1. The number of carbonyl (C=O) groups is 1. The Labute approximate surface area is 224 Å². The van der Waals surface area contributed by atoms with Gasteiger partial charge in [-0.3, -0.25) is 9.80 Å². The highest BCUT2D eigenvalue weighted by molar-refractivity contribution is 6.30. The number of rotatable bonds is 8. The van der Waals surface area contributed by atoms with Gasteiger partial charge in [-0.15, -0.1) is 0 Å². The van der Waals surface area contributed by atoms with Crippen molar-refractivity contribution in [1.82, 2.24) is 19.8 Å². The third-order valence-electron chi connectivity index (χ3n) is 8.35. The third-order valence-corrected chi connectivity index (χ3v) is 8.61. The molecule has 1 aromatic heterocycles. The van der Waals surface area contributed by atoms with Crippen LogP contribution < -0.4 is 4.90 Å². The summed E-state index contributed by atoms with van der Waals surface area (Å²) in [6.45, 7) is 9.97. The van der Waals surface area contributed by atoms with Crippen LogP contribution in [0.15, 0.2) is 30.6 Å². The molecule has 200 valence electrons. The van der Waals surface area contributed by atoms with Gasteiger partial charge in [0, 0.05) is 56.0 Å². The minimum Gasteiger partial charge on any atom is -0.387 e. The van der Waals surface area contributed by atoms with Crippen LogP contribution in [-0.4, -0.2) is 89.3 Å². The number of aldehydes is 1. The molecule has 37 heavy (non-hydrogen) atoms. The second-order valence-electron chi connectivity index (χ2n) is 10.5. The van der Waals surface area contributed by atoms with E-state index in [9.17, 15) is 9.90 Å². The fourth-order valence-corrected chi connectivity index (χ4v) is 6.61. The smallest absolute Gasteiger partial charge is 0.135 e. The van der Waals surface area contributed by atoms with E-state index in [1.165, 1.54) is 0 Å². The van der Waals surface area contributed by atoms with Gasteiger partial charge in [-0.05, 0) is 49.4 Å². The van der Waals surface area contributed by atoms with Gasteiger partial charge in [0.25, 0.3) is 0 Å². The van der Waals surface area contributed by atoms with Gasteiger partial charge in [-0.1, -0.05) is 37.6 Å². The van der Waals surface area contributed by atoms with Crippen molar-refractivity contribution in [3.63, 3.8) is 0 Å². The molecule has 0 amide bonds. The Kier molecular flexibility index (Phi) is 8.41. The summed E-state index contributed by atoms with van der Waals surface area (Å²) in [7, 11) is 0. The normalized spacial score (nSPS) is 24.7. The van der Waals surface area contributed by atoms with Crippen molar-refractivity contribution in [3.05, 3.63) is 52.4 Å². The van der Waals surface area contributed by atoms with Crippen molar-refractivity contribution >= 4 is 23.7 Å². The summed E-state index contributed by atoms with van der Waals surface area (Å²) in [5.74, 6) is 0.900. The Bertz CT molecular complexity index is 1060. The number of piperazine rings is 1. The standard InChI is InChI=1S/C28H38ClN5O3/c1-3-34(22-8-14-37-15-9-22)28(23(17-35)20-4-6-21(29)7-5-20)33-12-10-32(11-13-33)27-25-19(2)16-24(36)26(25)30-18-31-27/h4-7,17-19,22-24,28,36H,3,8-16H2,1-2H3/t19-,23?,24-,28?/m1/s1. The first-order valence-electron chi connectivity index (χ1n) is 13.6. The van der Waals surface area contributed by atoms with Crippen molar-refractivity contribution in [2.75, 3.05) is 50.8 Å². The zero-order valence-corrected chi connectivity index (χ0v) is 22.6. The third kappa shape index (κ3) is 5.40. The molecule has 0 saturated carbocycles. The second kappa shape index (κ2) is 11.7. The van der Waals surface area contributed by atoms with Crippen LogP contribution in [0.2, 0.25) is 5.02 Å². The molecule has 8 nitrogen and oxygen atoms in total. The van der Waals surface area contributed by atoms with Crippen LogP contribution in [0.4, 0.5) is 5.82 Å². The molecule has 0 bridgehead atoms. The summed E-state index contributed by atoms with van der Waals surface area (Å²) < 4.78 is 5.66. The Morgan fingerprint density at radius 1 is 1.16 bits per heavy atom. The molecule has 2 aromatic rings. The lowest BCUT2D eigenvalue weighted by Crippen LogP contribution is -2.61. The molecule has 5 rings (SSSR count). The minimum absolute atomic E-state index is 0.0502. The van der Waals surface area contributed by atoms with Crippen LogP contribution in [-0.2, 0) is 9.53 Å². The van der Waals surface area contributed by atoms with Crippen LogP contribution in [0.5, 0.6) is 0 Å². The largest absolute Gasteiger partial charge is 0.387 e. The van der Waals surface area contributed by atoms with E-state index < -0.39 is 6.10 Å². The number of halogens is 1. The Hall–Kier alpha value is -2.10. The van der Waals surface area contributed by atoms with E-state index in [0.29, 0.717) is 17.5 Å². The highest BCUT2D eigenvalue weighted by atomic mass is 35.5. The fourth-order valence-electron chi connectivity index (χ4n) is 6.48. The summed E-state index contributed by atoms with van der Waals surface area (Å²) in [5, 5.41) is 11.1. The van der Waals surface area contributed by atoms with Crippen molar-refractivity contribution < 1.29 is 14.6 Å². The second-order valence-corrected chi connectivity index (χ2v) is 10.9. The van der Waals surface area contributed by atoms with Crippen molar-refractivity contribution in [2.24, 2.45) is 0 Å². The molecule has 9 heteroatoms. The summed E-state index contributed by atoms with van der Waals surface area (Å²) in [6, 6.07) is 8.10. The van der Waals surface area contributed by atoms with Gasteiger partial charge >= 0.3 is 0 Å². The first kappa shape index (κ1) is 26.5. The minimum atomic E-state index is -0.511. The van der Waals surface area contributed by atoms with Crippen molar-refractivity contribution in [3.8, 4) is 0 Å². The molecule has 0 spiro atoms. The zero-order chi connectivity index (χ0) is 25.9. The number of carbonyl (C=O) groups excluding carboxylic acids is 1. The lowest BCUT2D eigenvalue weighted by Gasteiger charge is -2.49.